The average Bonchev–Trinajstić information content (AvgIpc) is 2.90. The first-order valence-electron chi connectivity index (χ1n) is 6.13. The number of rotatable bonds is 4. The van der Waals surface area contributed by atoms with Crippen LogP contribution in [0.4, 0.5) is 0 Å². The Kier molecular flexibility index (Phi) is 3.04. The third kappa shape index (κ3) is 2.13. The predicted molar refractivity (Wildman–Crippen MR) is 67.8 cm³/mol. The van der Waals surface area contributed by atoms with E-state index in [0.29, 0.717) is 17.4 Å². The molecule has 2 atom stereocenters. The van der Waals surface area contributed by atoms with E-state index in [1.165, 1.54) is 17.5 Å². The molecule has 1 saturated carbocycles. The second kappa shape index (κ2) is 4.19. The molecule has 1 aliphatic carbocycles. The lowest BCUT2D eigenvalue weighted by atomic mass is 9.96. The van der Waals surface area contributed by atoms with Crippen molar-refractivity contribution in [3.05, 3.63) is 35.4 Å². The molecule has 0 heterocycles. The monoisotopic (exact) mass is 218 g/mol. The molecule has 0 aromatic heterocycles. The maximum Gasteiger partial charge on any atom is 0.0493 e. The Morgan fingerprint density at radius 3 is 2.31 bits per heavy atom. The highest BCUT2D eigenvalue weighted by Crippen LogP contribution is 2.57. The van der Waals surface area contributed by atoms with Gasteiger partial charge in [-0.1, -0.05) is 45.0 Å². The molecule has 16 heavy (non-hydrogen) atoms. The van der Waals surface area contributed by atoms with E-state index < -0.39 is 0 Å². The summed E-state index contributed by atoms with van der Waals surface area (Å²) in [7, 11) is 0. The quantitative estimate of drug-likeness (QED) is 0.602. The largest absolute Gasteiger partial charge is 0.271 e. The van der Waals surface area contributed by atoms with Crippen LogP contribution in [0.5, 0.6) is 0 Å². The minimum Gasteiger partial charge on any atom is -0.271 e. The van der Waals surface area contributed by atoms with E-state index in [2.05, 4.69) is 50.5 Å². The molecule has 1 aromatic carbocycles. The summed E-state index contributed by atoms with van der Waals surface area (Å²) in [6, 6.07) is 9.13. The van der Waals surface area contributed by atoms with Crippen LogP contribution in [0.1, 0.15) is 44.4 Å². The fourth-order valence-corrected chi connectivity index (χ4v) is 2.48. The number of aryl methyl sites for hydroxylation is 1. The fourth-order valence-electron chi connectivity index (χ4n) is 2.48. The summed E-state index contributed by atoms with van der Waals surface area (Å²) in [6.07, 6.45) is 2.35. The van der Waals surface area contributed by atoms with E-state index in [4.69, 9.17) is 5.84 Å². The van der Waals surface area contributed by atoms with Gasteiger partial charge in [0.2, 0.25) is 0 Å². The molecule has 0 spiro atoms. The maximum atomic E-state index is 5.69. The third-order valence-corrected chi connectivity index (χ3v) is 3.92. The number of hydrogen-bond donors (Lipinski definition) is 2. The fraction of sp³-hybridized carbons (Fsp3) is 0.571. The molecule has 0 aliphatic heterocycles. The van der Waals surface area contributed by atoms with E-state index in [1.54, 1.807) is 0 Å². The number of hydrazine groups is 1. The van der Waals surface area contributed by atoms with Crippen LogP contribution in [0.15, 0.2) is 24.3 Å². The van der Waals surface area contributed by atoms with E-state index >= 15 is 0 Å². The maximum absolute atomic E-state index is 5.69. The standard InChI is InChI=1S/C14H22N2/c1-4-10-5-7-11(8-6-10)13(16-15)12-9-14(12,2)3/h5-8,12-13,16H,4,9,15H2,1-3H3. The Hall–Kier alpha value is -0.860. The molecule has 3 N–H and O–H groups in total. The first-order chi connectivity index (χ1) is 7.58. The molecule has 88 valence electrons. The van der Waals surface area contributed by atoms with Crippen LogP contribution in [0.25, 0.3) is 0 Å². The normalized spacial score (nSPS) is 24.1. The molecular weight excluding hydrogens is 196 g/mol. The van der Waals surface area contributed by atoms with Crippen molar-refractivity contribution < 1.29 is 0 Å². The van der Waals surface area contributed by atoms with Crippen LogP contribution in [-0.2, 0) is 6.42 Å². The van der Waals surface area contributed by atoms with Gasteiger partial charge >= 0.3 is 0 Å². The van der Waals surface area contributed by atoms with Gasteiger partial charge in [-0.25, -0.2) is 0 Å². The lowest BCUT2D eigenvalue weighted by molar-refractivity contribution is 0.423. The molecule has 1 aliphatic rings. The van der Waals surface area contributed by atoms with Crippen molar-refractivity contribution >= 4 is 0 Å². The van der Waals surface area contributed by atoms with Crippen LogP contribution < -0.4 is 11.3 Å². The summed E-state index contributed by atoms with van der Waals surface area (Å²) < 4.78 is 0. The van der Waals surface area contributed by atoms with E-state index in [9.17, 15) is 0 Å². The molecule has 1 aromatic rings. The number of benzene rings is 1. The van der Waals surface area contributed by atoms with Crippen LogP contribution in [0.3, 0.4) is 0 Å². The summed E-state index contributed by atoms with van der Waals surface area (Å²) in [5.41, 5.74) is 6.12. The summed E-state index contributed by atoms with van der Waals surface area (Å²) >= 11 is 0. The molecular formula is C14H22N2. The summed E-state index contributed by atoms with van der Waals surface area (Å²) in [5, 5.41) is 0. The van der Waals surface area contributed by atoms with Gasteiger partial charge in [-0.3, -0.25) is 11.3 Å². The lowest BCUT2D eigenvalue weighted by Gasteiger charge is -2.18. The smallest absolute Gasteiger partial charge is 0.0493 e. The van der Waals surface area contributed by atoms with Gasteiger partial charge in [0.25, 0.3) is 0 Å². The molecule has 2 nitrogen and oxygen atoms in total. The average molecular weight is 218 g/mol. The predicted octanol–water partition coefficient (Wildman–Crippen LogP) is 2.80. The Bertz CT molecular complexity index is 354. The highest BCUT2D eigenvalue weighted by atomic mass is 15.2. The molecule has 1 fully saturated rings. The topological polar surface area (TPSA) is 38.0 Å². The zero-order chi connectivity index (χ0) is 11.8. The van der Waals surface area contributed by atoms with Gasteiger partial charge in [0, 0.05) is 6.04 Å². The Labute approximate surface area is 98.2 Å². The number of nitrogens with two attached hydrogens (primary N) is 1. The van der Waals surface area contributed by atoms with Gasteiger partial charge in [0.15, 0.2) is 0 Å². The summed E-state index contributed by atoms with van der Waals surface area (Å²) in [6.45, 7) is 6.79. The Morgan fingerprint density at radius 2 is 1.94 bits per heavy atom. The summed E-state index contributed by atoms with van der Waals surface area (Å²) in [5.74, 6) is 6.36. The first kappa shape index (κ1) is 11.6. The van der Waals surface area contributed by atoms with Gasteiger partial charge in [0.1, 0.15) is 0 Å². The molecule has 0 radical (unpaired) electrons. The van der Waals surface area contributed by atoms with Crippen molar-refractivity contribution in [1.29, 1.82) is 0 Å². The van der Waals surface area contributed by atoms with Gasteiger partial charge < -0.3 is 0 Å². The van der Waals surface area contributed by atoms with Gasteiger partial charge in [-0.15, -0.1) is 0 Å². The van der Waals surface area contributed by atoms with Crippen LogP contribution in [0.2, 0.25) is 0 Å². The zero-order valence-corrected chi connectivity index (χ0v) is 10.5. The van der Waals surface area contributed by atoms with Gasteiger partial charge in [0.05, 0.1) is 0 Å². The highest BCUT2D eigenvalue weighted by molar-refractivity contribution is 5.27. The summed E-state index contributed by atoms with van der Waals surface area (Å²) in [4.78, 5) is 0. The Morgan fingerprint density at radius 1 is 1.38 bits per heavy atom. The zero-order valence-electron chi connectivity index (χ0n) is 10.5. The minimum absolute atomic E-state index is 0.306. The van der Waals surface area contributed by atoms with E-state index in [0.717, 1.165) is 6.42 Å². The highest BCUT2D eigenvalue weighted by Gasteiger charge is 2.50. The lowest BCUT2D eigenvalue weighted by Crippen LogP contribution is -2.30. The van der Waals surface area contributed by atoms with Crippen LogP contribution in [-0.4, -0.2) is 0 Å². The third-order valence-electron chi connectivity index (χ3n) is 3.92. The van der Waals surface area contributed by atoms with Crippen molar-refractivity contribution in [2.24, 2.45) is 17.2 Å². The molecule has 0 bridgehead atoms. The van der Waals surface area contributed by atoms with E-state index in [1.807, 2.05) is 0 Å². The molecule has 0 saturated heterocycles. The molecule has 2 heteroatoms. The van der Waals surface area contributed by atoms with Crippen molar-refractivity contribution in [3.8, 4) is 0 Å². The Balaban J connectivity index is 2.15. The van der Waals surface area contributed by atoms with Gasteiger partial charge in [-0.05, 0) is 35.3 Å². The molecule has 2 rings (SSSR count). The van der Waals surface area contributed by atoms with Crippen molar-refractivity contribution in [3.63, 3.8) is 0 Å². The van der Waals surface area contributed by atoms with E-state index in [-0.39, 0.29) is 0 Å². The minimum atomic E-state index is 0.306. The second-order valence-electron chi connectivity index (χ2n) is 5.54. The number of nitrogens with one attached hydrogen (secondary N) is 1. The van der Waals surface area contributed by atoms with Crippen LogP contribution >= 0.6 is 0 Å². The van der Waals surface area contributed by atoms with Crippen LogP contribution in [0, 0.1) is 11.3 Å². The van der Waals surface area contributed by atoms with Crippen molar-refractivity contribution in [2.75, 3.05) is 0 Å². The molecule has 0 amide bonds. The molecule has 2 unspecified atom stereocenters. The second-order valence-corrected chi connectivity index (χ2v) is 5.54. The SMILES string of the molecule is CCc1ccc(C(NN)C2CC2(C)C)cc1. The van der Waals surface area contributed by atoms with Crippen molar-refractivity contribution in [2.45, 2.75) is 39.7 Å². The van der Waals surface area contributed by atoms with Gasteiger partial charge in [-0.2, -0.15) is 0 Å². The first-order valence-corrected chi connectivity index (χ1v) is 6.13. The number of hydrogen-bond acceptors (Lipinski definition) is 2. The van der Waals surface area contributed by atoms with Crippen molar-refractivity contribution in [1.82, 2.24) is 5.43 Å².